The lowest BCUT2D eigenvalue weighted by Crippen LogP contribution is -2.59. The molecule has 0 bridgehead atoms. The van der Waals surface area contributed by atoms with Gasteiger partial charge in [0.2, 0.25) is 0 Å². The van der Waals surface area contributed by atoms with Gasteiger partial charge in [0.15, 0.2) is 0 Å². The predicted molar refractivity (Wildman–Crippen MR) is 155 cm³/mol. The van der Waals surface area contributed by atoms with E-state index in [0.717, 1.165) is 0 Å². The molecule has 9 nitrogen and oxygen atoms in total. The van der Waals surface area contributed by atoms with Gasteiger partial charge in [0.05, 0.1) is 28.5 Å². The van der Waals surface area contributed by atoms with Gasteiger partial charge < -0.3 is 0 Å². The zero-order chi connectivity index (χ0) is 28.0. The van der Waals surface area contributed by atoms with Crippen LogP contribution in [0.15, 0.2) is 106 Å². The Kier molecular flexibility index (Phi) is 6.14. The molecule has 0 aromatic heterocycles. The minimum absolute atomic E-state index is 0.374. The quantitative estimate of drug-likeness (QED) is 0.453. The molecule has 3 heterocycles. The highest BCUT2D eigenvalue weighted by molar-refractivity contribution is 6.33. The maximum absolute atomic E-state index is 14.8. The SMILES string of the molecule is CCC1=NN(c2ccccc2)C(=O)[C@H]1[C@@]1([C@H]2C(=O)N(c3ccccc3)N=C2C)C(=O)N(c2ccccc2)N=C1C. The van der Waals surface area contributed by atoms with Gasteiger partial charge in [-0.1, -0.05) is 61.5 Å². The molecule has 3 atom stereocenters. The summed E-state index contributed by atoms with van der Waals surface area (Å²) in [7, 11) is 0. The Balaban J connectivity index is 1.53. The lowest BCUT2D eigenvalue weighted by Gasteiger charge is -2.37. The Morgan fingerprint density at radius 3 is 1.57 bits per heavy atom. The molecule has 3 aliphatic rings. The first-order chi connectivity index (χ1) is 19.4. The van der Waals surface area contributed by atoms with Crippen LogP contribution in [0.5, 0.6) is 0 Å². The van der Waals surface area contributed by atoms with Crippen molar-refractivity contribution in [3.8, 4) is 0 Å². The van der Waals surface area contributed by atoms with E-state index in [2.05, 4.69) is 5.10 Å². The monoisotopic (exact) mass is 532 g/mol. The molecule has 3 amide bonds. The summed E-state index contributed by atoms with van der Waals surface area (Å²) in [6.45, 7) is 5.35. The van der Waals surface area contributed by atoms with Crippen LogP contribution in [-0.2, 0) is 14.4 Å². The van der Waals surface area contributed by atoms with Gasteiger partial charge in [-0.15, -0.1) is 0 Å². The molecule has 40 heavy (non-hydrogen) atoms. The number of anilines is 3. The van der Waals surface area contributed by atoms with Crippen LogP contribution in [-0.4, -0.2) is 34.9 Å². The molecule has 0 N–H and O–H groups in total. The van der Waals surface area contributed by atoms with Gasteiger partial charge in [0.1, 0.15) is 17.3 Å². The molecule has 3 aromatic carbocycles. The molecule has 3 aliphatic heterocycles. The number of amides is 3. The Labute approximate surface area is 232 Å². The maximum atomic E-state index is 14.8. The number of carbonyl (C=O) groups excluding carboxylic acids is 3. The van der Waals surface area contributed by atoms with Crippen LogP contribution in [0.2, 0.25) is 0 Å². The third-order valence-electron chi connectivity index (χ3n) is 7.82. The van der Waals surface area contributed by atoms with Crippen LogP contribution < -0.4 is 15.0 Å². The highest BCUT2D eigenvalue weighted by Crippen LogP contribution is 2.51. The second kappa shape index (κ2) is 9.68. The van der Waals surface area contributed by atoms with Crippen molar-refractivity contribution in [2.45, 2.75) is 27.2 Å². The van der Waals surface area contributed by atoms with E-state index < -0.39 is 23.2 Å². The number of benzene rings is 3. The predicted octanol–water partition coefficient (Wildman–Crippen LogP) is 4.86. The zero-order valence-corrected chi connectivity index (χ0v) is 22.4. The van der Waals surface area contributed by atoms with Crippen LogP contribution in [0.4, 0.5) is 17.1 Å². The molecule has 0 saturated carbocycles. The third-order valence-corrected chi connectivity index (χ3v) is 7.82. The van der Waals surface area contributed by atoms with Gasteiger partial charge >= 0.3 is 0 Å². The summed E-state index contributed by atoms with van der Waals surface area (Å²) in [5, 5.41) is 18.0. The first-order valence-electron chi connectivity index (χ1n) is 13.2. The van der Waals surface area contributed by atoms with Crippen molar-refractivity contribution in [1.29, 1.82) is 0 Å². The summed E-state index contributed by atoms with van der Waals surface area (Å²) < 4.78 is 0. The summed E-state index contributed by atoms with van der Waals surface area (Å²) in [6.07, 6.45) is 0.410. The molecule has 0 saturated heterocycles. The summed E-state index contributed by atoms with van der Waals surface area (Å²) in [5.41, 5.74) is 1.40. The molecular weight excluding hydrogens is 504 g/mol. The Hall–Kier alpha value is -4.92. The fourth-order valence-corrected chi connectivity index (χ4v) is 6.01. The van der Waals surface area contributed by atoms with Crippen LogP contribution in [0.3, 0.4) is 0 Å². The van der Waals surface area contributed by atoms with Gasteiger partial charge in [-0.2, -0.15) is 20.3 Å². The molecule has 0 radical (unpaired) electrons. The van der Waals surface area contributed by atoms with Gasteiger partial charge in [0, 0.05) is 5.71 Å². The lowest BCUT2D eigenvalue weighted by atomic mass is 9.60. The molecule has 0 fully saturated rings. The summed E-state index contributed by atoms with van der Waals surface area (Å²) >= 11 is 0. The number of carbonyl (C=O) groups is 3. The van der Waals surface area contributed by atoms with E-state index >= 15 is 0 Å². The summed E-state index contributed by atoms with van der Waals surface area (Å²) in [6, 6.07) is 27.2. The highest BCUT2D eigenvalue weighted by Gasteiger charge is 2.68. The minimum atomic E-state index is -1.65. The first kappa shape index (κ1) is 25.4. The van der Waals surface area contributed by atoms with E-state index in [0.29, 0.717) is 40.6 Å². The average molecular weight is 533 g/mol. The Morgan fingerprint density at radius 2 is 1.07 bits per heavy atom. The van der Waals surface area contributed by atoms with Gasteiger partial charge in [-0.3, -0.25) is 14.4 Å². The van der Waals surface area contributed by atoms with E-state index in [9.17, 15) is 14.4 Å². The fraction of sp³-hybridized carbons (Fsp3) is 0.226. The molecular formula is C31H28N6O3. The van der Waals surface area contributed by atoms with Crippen LogP contribution in [0.1, 0.15) is 27.2 Å². The average Bonchev–Trinajstić information content (AvgIpc) is 3.58. The van der Waals surface area contributed by atoms with Crippen LogP contribution >= 0.6 is 0 Å². The first-order valence-corrected chi connectivity index (χ1v) is 13.2. The number of nitrogens with zero attached hydrogens (tertiary/aromatic N) is 6. The van der Waals surface area contributed by atoms with E-state index in [1.807, 2.05) is 61.5 Å². The second-order valence-corrected chi connectivity index (χ2v) is 10.0. The minimum Gasteiger partial charge on any atom is -0.272 e. The van der Waals surface area contributed by atoms with Crippen molar-refractivity contribution >= 4 is 51.9 Å². The number of rotatable bonds is 6. The number of hydrogen-bond acceptors (Lipinski definition) is 6. The fourth-order valence-electron chi connectivity index (χ4n) is 6.01. The number of para-hydroxylation sites is 3. The van der Waals surface area contributed by atoms with Crippen LogP contribution in [0, 0.1) is 17.3 Å². The maximum Gasteiger partial charge on any atom is 0.261 e. The molecule has 0 unspecified atom stereocenters. The van der Waals surface area contributed by atoms with Crippen molar-refractivity contribution in [1.82, 2.24) is 0 Å². The number of hydrazone groups is 3. The number of hydrogen-bond donors (Lipinski definition) is 0. The van der Waals surface area contributed by atoms with Crippen molar-refractivity contribution in [2.24, 2.45) is 32.6 Å². The van der Waals surface area contributed by atoms with E-state index in [4.69, 9.17) is 10.2 Å². The summed E-state index contributed by atoms with van der Waals surface area (Å²) in [5.74, 6) is -3.31. The second-order valence-electron chi connectivity index (χ2n) is 10.0. The molecule has 200 valence electrons. The Bertz CT molecular complexity index is 1590. The molecule has 6 rings (SSSR count). The lowest BCUT2D eigenvalue weighted by molar-refractivity contribution is -0.136. The Morgan fingerprint density at radius 1 is 0.625 bits per heavy atom. The van der Waals surface area contributed by atoms with Gasteiger partial charge in [-0.25, -0.2) is 10.0 Å². The molecule has 9 heteroatoms. The molecule has 3 aromatic rings. The summed E-state index contributed by atoms with van der Waals surface area (Å²) in [4.78, 5) is 43.4. The third kappa shape index (κ3) is 3.61. The van der Waals surface area contributed by atoms with Gasteiger partial charge in [-0.05, 0) is 56.7 Å². The molecule has 0 aliphatic carbocycles. The highest BCUT2D eigenvalue weighted by atomic mass is 16.2. The standard InChI is InChI=1S/C31H28N6O3/c1-4-25-27(29(39)36(34-25)23-16-10-6-11-17-23)31(21(3)33-37(30(31)40)24-18-12-7-13-19-24)26-20(2)32-35(28(26)38)22-14-8-5-9-15-22/h5-19,26-27H,4H2,1-3H3/t26-,27+,31-/m1/s1. The van der Waals surface area contributed by atoms with E-state index in [-0.39, 0.29) is 11.8 Å². The van der Waals surface area contributed by atoms with E-state index in [1.54, 1.807) is 50.2 Å². The van der Waals surface area contributed by atoms with Gasteiger partial charge in [0.25, 0.3) is 17.7 Å². The topological polar surface area (TPSA) is 98.0 Å². The zero-order valence-electron chi connectivity index (χ0n) is 22.4. The molecule has 0 spiro atoms. The van der Waals surface area contributed by atoms with Crippen molar-refractivity contribution in [3.05, 3.63) is 91.0 Å². The normalized spacial score (nSPS) is 24.5. The van der Waals surface area contributed by atoms with Crippen LogP contribution in [0.25, 0.3) is 0 Å². The van der Waals surface area contributed by atoms with Crippen molar-refractivity contribution in [3.63, 3.8) is 0 Å². The van der Waals surface area contributed by atoms with Crippen molar-refractivity contribution in [2.75, 3.05) is 15.0 Å². The van der Waals surface area contributed by atoms with E-state index in [1.165, 1.54) is 15.0 Å². The van der Waals surface area contributed by atoms with Crippen molar-refractivity contribution < 1.29 is 14.4 Å². The smallest absolute Gasteiger partial charge is 0.261 e. The largest absolute Gasteiger partial charge is 0.272 e.